The minimum absolute atomic E-state index is 0.181. The van der Waals surface area contributed by atoms with Crippen LogP contribution in [0.15, 0.2) is 18.2 Å². The summed E-state index contributed by atoms with van der Waals surface area (Å²) in [6.45, 7) is 1.39. The van der Waals surface area contributed by atoms with E-state index in [2.05, 4.69) is 15.9 Å². The summed E-state index contributed by atoms with van der Waals surface area (Å²) in [5, 5.41) is -0.211. The SMILES string of the molecule is CC(=O)C(Cl)c1cc(F)ccc1CBr. The number of halogens is 3. The summed E-state index contributed by atoms with van der Waals surface area (Å²) in [6, 6.07) is 4.28. The number of ketones is 1. The van der Waals surface area contributed by atoms with Crippen LogP contribution in [0.25, 0.3) is 0 Å². The highest BCUT2D eigenvalue weighted by atomic mass is 79.9. The first-order valence-electron chi connectivity index (χ1n) is 4.05. The second-order valence-electron chi connectivity index (χ2n) is 2.95. The molecule has 0 aliphatic carbocycles. The smallest absolute Gasteiger partial charge is 0.152 e. The van der Waals surface area contributed by atoms with Gasteiger partial charge >= 0.3 is 0 Å². The van der Waals surface area contributed by atoms with Crippen LogP contribution in [0.4, 0.5) is 4.39 Å². The number of Topliss-reactive ketones (excluding diaryl/α,β-unsaturated/α-hetero) is 1. The molecule has 76 valence electrons. The van der Waals surface area contributed by atoms with Crippen LogP contribution in [0.2, 0.25) is 0 Å². The van der Waals surface area contributed by atoms with Gasteiger partial charge in [0.25, 0.3) is 0 Å². The number of rotatable bonds is 3. The summed E-state index contributed by atoms with van der Waals surface area (Å²) in [6.07, 6.45) is 0. The molecule has 0 saturated heterocycles. The van der Waals surface area contributed by atoms with Crippen molar-refractivity contribution in [2.45, 2.75) is 17.6 Å². The fourth-order valence-electron chi connectivity index (χ4n) is 1.14. The molecule has 0 N–H and O–H groups in total. The molecule has 1 nitrogen and oxygen atoms in total. The van der Waals surface area contributed by atoms with Crippen LogP contribution in [0.3, 0.4) is 0 Å². The second-order valence-corrected chi connectivity index (χ2v) is 3.95. The van der Waals surface area contributed by atoms with Gasteiger partial charge in [-0.15, -0.1) is 11.6 Å². The molecular formula is C10H9BrClFO. The summed E-state index contributed by atoms with van der Waals surface area (Å²) < 4.78 is 12.9. The number of hydrogen-bond donors (Lipinski definition) is 0. The van der Waals surface area contributed by atoms with E-state index in [1.54, 1.807) is 6.07 Å². The first-order valence-corrected chi connectivity index (χ1v) is 5.61. The van der Waals surface area contributed by atoms with Crippen molar-refractivity contribution in [1.82, 2.24) is 0 Å². The minimum atomic E-state index is -0.766. The molecule has 1 atom stereocenters. The molecule has 1 rings (SSSR count). The Hall–Kier alpha value is -0.410. The number of alkyl halides is 2. The second kappa shape index (κ2) is 4.89. The van der Waals surface area contributed by atoms with Crippen LogP contribution < -0.4 is 0 Å². The van der Waals surface area contributed by atoms with Gasteiger partial charge in [-0.2, -0.15) is 0 Å². The molecule has 0 bridgehead atoms. The zero-order valence-corrected chi connectivity index (χ0v) is 9.90. The maximum absolute atomic E-state index is 12.9. The van der Waals surface area contributed by atoms with Crippen molar-refractivity contribution in [3.63, 3.8) is 0 Å². The molecule has 0 aliphatic heterocycles. The highest BCUT2D eigenvalue weighted by Crippen LogP contribution is 2.27. The molecule has 0 amide bonds. The Morgan fingerprint density at radius 1 is 1.64 bits per heavy atom. The van der Waals surface area contributed by atoms with Gasteiger partial charge in [-0.3, -0.25) is 4.79 Å². The number of hydrogen-bond acceptors (Lipinski definition) is 1. The van der Waals surface area contributed by atoms with Gasteiger partial charge in [0.15, 0.2) is 5.78 Å². The van der Waals surface area contributed by atoms with Gasteiger partial charge in [0.05, 0.1) is 0 Å². The maximum atomic E-state index is 12.9. The first kappa shape index (κ1) is 11.7. The van der Waals surface area contributed by atoms with Crippen LogP contribution in [0.5, 0.6) is 0 Å². The quantitative estimate of drug-likeness (QED) is 0.773. The zero-order valence-electron chi connectivity index (χ0n) is 7.56. The standard InChI is InChI=1S/C10H9BrClFO/c1-6(14)10(12)9-4-8(13)3-2-7(9)5-11/h2-4,10H,5H2,1H3. The molecule has 0 saturated carbocycles. The lowest BCUT2D eigenvalue weighted by Crippen LogP contribution is -2.05. The van der Waals surface area contributed by atoms with Gasteiger partial charge in [-0.05, 0) is 30.2 Å². The normalized spacial score (nSPS) is 12.6. The molecule has 0 fully saturated rings. The van der Waals surface area contributed by atoms with E-state index >= 15 is 0 Å². The van der Waals surface area contributed by atoms with Crippen LogP contribution >= 0.6 is 27.5 Å². The first-order chi connectivity index (χ1) is 6.56. The summed E-state index contributed by atoms with van der Waals surface area (Å²) in [5.41, 5.74) is 1.37. The topological polar surface area (TPSA) is 17.1 Å². The Balaban J connectivity index is 3.16. The van der Waals surface area contributed by atoms with Crippen molar-refractivity contribution < 1.29 is 9.18 Å². The lowest BCUT2D eigenvalue weighted by Gasteiger charge is -2.10. The number of benzene rings is 1. The predicted molar refractivity (Wildman–Crippen MR) is 58.3 cm³/mol. The van der Waals surface area contributed by atoms with E-state index < -0.39 is 5.38 Å². The molecule has 0 radical (unpaired) electrons. The number of carbonyl (C=O) groups excluding carboxylic acids is 1. The van der Waals surface area contributed by atoms with Gasteiger partial charge in [-0.1, -0.05) is 22.0 Å². The summed E-state index contributed by atoms with van der Waals surface area (Å²) in [5.74, 6) is -0.559. The highest BCUT2D eigenvalue weighted by molar-refractivity contribution is 9.08. The molecule has 0 heterocycles. The summed E-state index contributed by atoms with van der Waals surface area (Å²) in [7, 11) is 0. The molecule has 14 heavy (non-hydrogen) atoms. The fourth-order valence-corrected chi connectivity index (χ4v) is 1.86. The third-order valence-electron chi connectivity index (χ3n) is 1.88. The minimum Gasteiger partial charge on any atom is -0.298 e. The van der Waals surface area contributed by atoms with Gasteiger partial charge in [0.1, 0.15) is 11.2 Å². The monoisotopic (exact) mass is 278 g/mol. The van der Waals surface area contributed by atoms with Crippen molar-refractivity contribution >= 4 is 33.3 Å². The van der Waals surface area contributed by atoms with Crippen LogP contribution in [-0.4, -0.2) is 5.78 Å². The Bertz CT molecular complexity index is 354. The zero-order chi connectivity index (χ0) is 10.7. The number of carbonyl (C=O) groups is 1. The lowest BCUT2D eigenvalue weighted by molar-refractivity contribution is -0.116. The lowest BCUT2D eigenvalue weighted by atomic mass is 10.0. The Morgan fingerprint density at radius 2 is 2.29 bits per heavy atom. The Kier molecular flexibility index (Phi) is 4.08. The van der Waals surface area contributed by atoms with Gasteiger partial charge in [0, 0.05) is 5.33 Å². The summed E-state index contributed by atoms with van der Waals surface area (Å²) >= 11 is 9.12. The predicted octanol–water partition coefficient (Wildman–Crippen LogP) is 3.59. The van der Waals surface area contributed by atoms with E-state index in [1.807, 2.05) is 0 Å². The molecule has 1 unspecified atom stereocenters. The van der Waals surface area contributed by atoms with Crippen LogP contribution in [0.1, 0.15) is 23.4 Å². The summed E-state index contributed by atoms with van der Waals surface area (Å²) in [4.78, 5) is 11.1. The van der Waals surface area contributed by atoms with E-state index in [9.17, 15) is 9.18 Å². The third-order valence-corrected chi connectivity index (χ3v) is 3.03. The van der Waals surface area contributed by atoms with Crippen LogP contribution in [0, 0.1) is 5.82 Å². The van der Waals surface area contributed by atoms with E-state index in [0.29, 0.717) is 10.9 Å². The van der Waals surface area contributed by atoms with Crippen molar-refractivity contribution in [2.75, 3.05) is 0 Å². The Morgan fingerprint density at radius 3 is 2.79 bits per heavy atom. The fraction of sp³-hybridized carbons (Fsp3) is 0.300. The molecule has 1 aromatic carbocycles. The molecule has 0 aromatic heterocycles. The average Bonchev–Trinajstić information content (AvgIpc) is 2.16. The van der Waals surface area contributed by atoms with E-state index in [-0.39, 0.29) is 11.6 Å². The van der Waals surface area contributed by atoms with E-state index in [4.69, 9.17) is 11.6 Å². The van der Waals surface area contributed by atoms with Crippen molar-refractivity contribution in [3.05, 3.63) is 35.1 Å². The molecule has 0 aliphatic rings. The van der Waals surface area contributed by atoms with Crippen molar-refractivity contribution in [1.29, 1.82) is 0 Å². The maximum Gasteiger partial charge on any atom is 0.152 e. The highest BCUT2D eigenvalue weighted by Gasteiger charge is 2.17. The molecular weight excluding hydrogens is 270 g/mol. The molecule has 4 heteroatoms. The van der Waals surface area contributed by atoms with E-state index in [0.717, 1.165) is 5.56 Å². The average molecular weight is 280 g/mol. The largest absolute Gasteiger partial charge is 0.298 e. The van der Waals surface area contributed by atoms with Crippen LogP contribution in [-0.2, 0) is 10.1 Å². The van der Waals surface area contributed by atoms with Crippen molar-refractivity contribution in [2.24, 2.45) is 0 Å². The molecule has 0 spiro atoms. The van der Waals surface area contributed by atoms with Gasteiger partial charge < -0.3 is 0 Å². The third kappa shape index (κ3) is 2.55. The molecule has 1 aromatic rings. The van der Waals surface area contributed by atoms with Gasteiger partial charge in [-0.25, -0.2) is 4.39 Å². The van der Waals surface area contributed by atoms with E-state index in [1.165, 1.54) is 19.1 Å². The van der Waals surface area contributed by atoms with Gasteiger partial charge in [0.2, 0.25) is 0 Å². The Labute approximate surface area is 95.4 Å². The van der Waals surface area contributed by atoms with Crippen molar-refractivity contribution in [3.8, 4) is 0 Å².